The molecule has 0 rings (SSSR count). The van der Waals surface area contributed by atoms with Crippen molar-refractivity contribution in [1.82, 2.24) is 0 Å². The van der Waals surface area contributed by atoms with Gasteiger partial charge in [0.2, 0.25) is 0 Å². The largest absolute Gasteiger partial charge is 0.550 e. The molecule has 0 aliphatic heterocycles. The van der Waals surface area contributed by atoms with Crippen LogP contribution in [0, 0.1) is 0 Å². The van der Waals surface area contributed by atoms with Crippen molar-refractivity contribution < 1.29 is 9.90 Å². The number of carbonyl (C=O) groups is 1. The van der Waals surface area contributed by atoms with Crippen molar-refractivity contribution in [3.63, 3.8) is 0 Å². The van der Waals surface area contributed by atoms with Crippen LogP contribution in [0.15, 0.2) is 0 Å². The summed E-state index contributed by atoms with van der Waals surface area (Å²) in [5.74, 6) is -0.116. The van der Waals surface area contributed by atoms with E-state index >= 15 is 0 Å². The lowest BCUT2D eigenvalue weighted by atomic mass is 10.1. The predicted molar refractivity (Wildman–Crippen MR) is 54.7 cm³/mol. The van der Waals surface area contributed by atoms with Gasteiger partial charge in [-0.1, -0.05) is 6.42 Å². The molecule has 0 saturated carbocycles. The number of carboxylic acids is 1. The van der Waals surface area contributed by atoms with Gasteiger partial charge in [-0.05, 0) is 31.4 Å². The van der Waals surface area contributed by atoms with Gasteiger partial charge in [-0.2, -0.15) is 25.3 Å². The molecule has 2 nitrogen and oxygen atoms in total. The lowest BCUT2D eigenvalue weighted by molar-refractivity contribution is -0.305. The number of unbranched alkanes of at least 4 members (excludes halogenated alkanes) is 1. The third-order valence-electron chi connectivity index (χ3n) is 1.63. The maximum Gasteiger partial charge on any atom is 0.0414 e. The summed E-state index contributed by atoms with van der Waals surface area (Å²) in [6.07, 6.45) is 3.73. The average Bonchev–Trinajstić information content (AvgIpc) is 1.98. The first-order valence-electron chi connectivity index (χ1n) is 4.15. The van der Waals surface area contributed by atoms with Gasteiger partial charge in [-0.15, -0.1) is 0 Å². The second kappa shape index (κ2) is 7.80. The number of carboxylic acid groups (broad SMARTS) is 1. The van der Waals surface area contributed by atoms with Crippen LogP contribution >= 0.6 is 25.3 Å². The van der Waals surface area contributed by atoms with Gasteiger partial charge in [-0.3, -0.25) is 0 Å². The molecule has 0 heterocycles. The second-order valence-electron chi connectivity index (χ2n) is 2.78. The Kier molecular flexibility index (Phi) is 7.91. The highest BCUT2D eigenvalue weighted by Gasteiger charge is 2.00. The average molecular weight is 207 g/mol. The highest BCUT2D eigenvalue weighted by molar-refractivity contribution is 7.81. The maximum absolute atomic E-state index is 10.0. The van der Waals surface area contributed by atoms with Crippen LogP contribution in [0.1, 0.15) is 32.1 Å². The van der Waals surface area contributed by atoms with E-state index in [1.165, 1.54) is 0 Å². The fraction of sp³-hybridized carbons (Fsp3) is 0.875. The van der Waals surface area contributed by atoms with E-state index in [0.29, 0.717) is 11.7 Å². The third kappa shape index (κ3) is 8.27. The molecule has 0 aromatic rings. The quantitative estimate of drug-likeness (QED) is 0.481. The van der Waals surface area contributed by atoms with Crippen molar-refractivity contribution in [2.24, 2.45) is 0 Å². The van der Waals surface area contributed by atoms with E-state index in [-0.39, 0.29) is 6.42 Å². The van der Waals surface area contributed by atoms with E-state index in [2.05, 4.69) is 25.3 Å². The zero-order chi connectivity index (χ0) is 9.40. The van der Waals surface area contributed by atoms with Crippen LogP contribution in [0.3, 0.4) is 0 Å². The van der Waals surface area contributed by atoms with E-state index < -0.39 is 5.97 Å². The highest BCUT2D eigenvalue weighted by Crippen LogP contribution is 2.12. The van der Waals surface area contributed by atoms with Gasteiger partial charge in [0.1, 0.15) is 0 Å². The maximum atomic E-state index is 10.0. The van der Waals surface area contributed by atoms with E-state index in [1.807, 2.05) is 0 Å². The minimum absolute atomic E-state index is 0.168. The summed E-state index contributed by atoms with van der Waals surface area (Å²) in [4.78, 5) is 10.0. The Balaban J connectivity index is 3.13. The SMILES string of the molecule is O=C([O-])CCCC[C@@H](S)CCS. The third-order valence-corrected chi connectivity index (χ3v) is 2.41. The minimum atomic E-state index is -0.958. The Labute approximate surface area is 84.6 Å². The molecule has 0 saturated heterocycles. The fourth-order valence-corrected chi connectivity index (χ4v) is 1.77. The summed E-state index contributed by atoms with van der Waals surface area (Å²) in [6, 6.07) is 0. The smallest absolute Gasteiger partial charge is 0.0414 e. The Hall–Kier alpha value is 0.170. The zero-order valence-corrected chi connectivity index (χ0v) is 8.82. The molecular formula is C8H15O2S2-. The molecule has 0 amide bonds. The first-order chi connectivity index (χ1) is 5.66. The van der Waals surface area contributed by atoms with Crippen molar-refractivity contribution in [2.75, 3.05) is 5.75 Å². The van der Waals surface area contributed by atoms with Crippen molar-refractivity contribution in [1.29, 1.82) is 0 Å². The summed E-state index contributed by atoms with van der Waals surface area (Å²) in [7, 11) is 0. The molecule has 72 valence electrons. The molecule has 0 fully saturated rings. The molecule has 1 atom stereocenters. The summed E-state index contributed by atoms with van der Waals surface area (Å²) in [5.41, 5.74) is 0. The van der Waals surface area contributed by atoms with Gasteiger partial charge < -0.3 is 9.90 Å². The molecule has 4 heteroatoms. The van der Waals surface area contributed by atoms with Crippen molar-refractivity contribution in [2.45, 2.75) is 37.4 Å². The molecule has 0 spiro atoms. The first kappa shape index (κ1) is 12.2. The summed E-state index contributed by atoms with van der Waals surface area (Å²) in [5, 5.41) is 10.4. The normalized spacial score (nSPS) is 12.8. The van der Waals surface area contributed by atoms with E-state index in [4.69, 9.17) is 0 Å². The van der Waals surface area contributed by atoms with Crippen LogP contribution in [0.4, 0.5) is 0 Å². The lowest BCUT2D eigenvalue weighted by Gasteiger charge is -2.08. The standard InChI is InChI=1S/C8H16O2S2/c9-8(10)4-2-1-3-7(12)5-6-11/h7,11-12H,1-6H2,(H,9,10)/p-1/t7-/m1/s1. The first-order valence-corrected chi connectivity index (χ1v) is 5.30. The number of hydrogen-bond acceptors (Lipinski definition) is 4. The van der Waals surface area contributed by atoms with E-state index in [0.717, 1.165) is 25.0 Å². The van der Waals surface area contributed by atoms with Crippen LogP contribution in [-0.4, -0.2) is 17.0 Å². The predicted octanol–water partition coefficient (Wildman–Crippen LogP) is 0.915. The Morgan fingerprint density at radius 3 is 2.50 bits per heavy atom. The monoisotopic (exact) mass is 207 g/mol. The van der Waals surface area contributed by atoms with Crippen LogP contribution < -0.4 is 5.11 Å². The number of carbonyl (C=O) groups excluding carboxylic acids is 1. The molecule has 12 heavy (non-hydrogen) atoms. The summed E-state index contributed by atoms with van der Waals surface area (Å²) in [6.45, 7) is 0. The van der Waals surface area contributed by atoms with Gasteiger partial charge in [0, 0.05) is 11.2 Å². The number of thiol groups is 2. The van der Waals surface area contributed by atoms with Crippen LogP contribution in [0.5, 0.6) is 0 Å². The Bertz CT molecular complexity index is 128. The van der Waals surface area contributed by atoms with Gasteiger partial charge in [0.15, 0.2) is 0 Å². The van der Waals surface area contributed by atoms with E-state index in [9.17, 15) is 9.90 Å². The molecule has 0 aliphatic carbocycles. The topological polar surface area (TPSA) is 40.1 Å². The number of hydrogen-bond donors (Lipinski definition) is 2. The molecule has 0 bridgehead atoms. The second-order valence-corrected chi connectivity index (χ2v) is 3.96. The Morgan fingerprint density at radius 1 is 1.33 bits per heavy atom. The van der Waals surface area contributed by atoms with Crippen molar-refractivity contribution in [3.8, 4) is 0 Å². The lowest BCUT2D eigenvalue weighted by Crippen LogP contribution is -2.21. The van der Waals surface area contributed by atoms with Gasteiger partial charge in [0.05, 0.1) is 0 Å². The van der Waals surface area contributed by atoms with Crippen molar-refractivity contribution in [3.05, 3.63) is 0 Å². The highest BCUT2D eigenvalue weighted by atomic mass is 32.1. The van der Waals surface area contributed by atoms with Gasteiger partial charge in [-0.25, -0.2) is 0 Å². The van der Waals surface area contributed by atoms with Crippen LogP contribution in [0.25, 0.3) is 0 Å². The fourth-order valence-electron chi connectivity index (χ4n) is 0.943. The summed E-state index contributed by atoms with van der Waals surface area (Å²) < 4.78 is 0. The molecule has 0 aliphatic rings. The minimum Gasteiger partial charge on any atom is -0.550 e. The molecule has 0 unspecified atom stereocenters. The van der Waals surface area contributed by atoms with Crippen LogP contribution in [-0.2, 0) is 4.79 Å². The van der Waals surface area contributed by atoms with Crippen molar-refractivity contribution >= 4 is 31.2 Å². The van der Waals surface area contributed by atoms with Crippen LogP contribution in [0.2, 0.25) is 0 Å². The molecule has 0 aromatic heterocycles. The molecular weight excluding hydrogens is 192 g/mol. The van der Waals surface area contributed by atoms with Gasteiger partial charge in [0.25, 0.3) is 0 Å². The molecule has 0 aromatic carbocycles. The Morgan fingerprint density at radius 2 is 2.00 bits per heavy atom. The van der Waals surface area contributed by atoms with Gasteiger partial charge >= 0.3 is 0 Å². The summed E-state index contributed by atoms with van der Waals surface area (Å²) >= 11 is 8.41. The zero-order valence-electron chi connectivity index (χ0n) is 7.03. The van der Waals surface area contributed by atoms with E-state index in [1.54, 1.807) is 0 Å². The number of rotatable bonds is 7. The number of aliphatic carboxylic acids is 1. The molecule has 0 N–H and O–H groups in total. The molecule has 0 radical (unpaired) electrons.